The number of hydrogen-bond acceptors (Lipinski definition) is 6. The number of rotatable bonds is 7. The molecule has 0 saturated heterocycles. The van der Waals surface area contributed by atoms with Crippen molar-refractivity contribution in [1.82, 2.24) is 19.6 Å². The van der Waals surface area contributed by atoms with Crippen molar-refractivity contribution >= 4 is 29.1 Å². The number of hydrogen-bond donors (Lipinski definition) is 0. The van der Waals surface area contributed by atoms with E-state index in [0.717, 1.165) is 28.4 Å². The number of aryl methyl sites for hydroxylation is 2. The molecule has 3 heterocycles. The first kappa shape index (κ1) is 20.2. The van der Waals surface area contributed by atoms with E-state index in [0.29, 0.717) is 30.3 Å². The van der Waals surface area contributed by atoms with Crippen LogP contribution in [0.2, 0.25) is 0 Å². The molecule has 0 unspecified atom stereocenters. The third kappa shape index (κ3) is 4.09. The van der Waals surface area contributed by atoms with E-state index in [-0.39, 0.29) is 5.91 Å². The Labute approximate surface area is 179 Å². The second-order valence-electron chi connectivity index (χ2n) is 6.97. The van der Waals surface area contributed by atoms with Crippen molar-refractivity contribution in [2.24, 2.45) is 0 Å². The van der Waals surface area contributed by atoms with Crippen molar-refractivity contribution in [3.63, 3.8) is 0 Å². The molecule has 0 fully saturated rings. The van der Waals surface area contributed by atoms with Crippen LogP contribution < -0.4 is 4.90 Å². The highest BCUT2D eigenvalue weighted by Crippen LogP contribution is 2.21. The smallest absolute Gasteiger partial charge is 0.253 e. The van der Waals surface area contributed by atoms with Crippen molar-refractivity contribution < 1.29 is 9.21 Å². The van der Waals surface area contributed by atoms with E-state index in [1.54, 1.807) is 15.7 Å². The van der Waals surface area contributed by atoms with Gasteiger partial charge in [0.15, 0.2) is 0 Å². The van der Waals surface area contributed by atoms with E-state index in [2.05, 4.69) is 15.1 Å². The summed E-state index contributed by atoms with van der Waals surface area (Å²) in [5.41, 5.74) is 3.72. The third-order valence-electron chi connectivity index (χ3n) is 5.06. The van der Waals surface area contributed by atoms with Gasteiger partial charge in [0.1, 0.15) is 5.76 Å². The van der Waals surface area contributed by atoms with Gasteiger partial charge in [-0.05, 0) is 56.4 Å². The molecule has 0 saturated carbocycles. The molecule has 3 aromatic heterocycles. The Kier molecular flexibility index (Phi) is 5.85. The number of fused-ring (bicyclic) bond motifs is 1. The zero-order valence-corrected chi connectivity index (χ0v) is 18.0. The van der Waals surface area contributed by atoms with Crippen LogP contribution in [-0.4, -0.2) is 31.7 Å². The molecule has 1 amide bonds. The van der Waals surface area contributed by atoms with Gasteiger partial charge in [-0.3, -0.25) is 4.79 Å². The lowest BCUT2D eigenvalue weighted by molar-refractivity contribution is -0.118. The van der Waals surface area contributed by atoms with Gasteiger partial charge in [-0.25, -0.2) is 9.50 Å². The molecule has 154 valence electrons. The van der Waals surface area contributed by atoms with Crippen LogP contribution in [0.25, 0.3) is 5.78 Å². The average Bonchev–Trinajstić information content (AvgIpc) is 3.42. The van der Waals surface area contributed by atoms with Crippen LogP contribution in [0.3, 0.4) is 0 Å². The number of furan rings is 1. The molecule has 0 radical (unpaired) electrons. The number of amides is 1. The van der Waals surface area contributed by atoms with E-state index in [1.165, 1.54) is 11.8 Å². The van der Waals surface area contributed by atoms with E-state index < -0.39 is 0 Å². The number of para-hydroxylation sites is 1. The normalized spacial score (nSPS) is 11.2. The first-order valence-electron chi connectivity index (χ1n) is 9.71. The number of thioether (sulfide) groups is 1. The molecule has 1 aromatic carbocycles. The third-order valence-corrected chi connectivity index (χ3v) is 5.60. The fourth-order valence-corrected chi connectivity index (χ4v) is 3.83. The highest BCUT2D eigenvalue weighted by molar-refractivity contribution is 7.98. The summed E-state index contributed by atoms with van der Waals surface area (Å²) < 4.78 is 7.23. The van der Waals surface area contributed by atoms with Gasteiger partial charge >= 0.3 is 0 Å². The Bertz CT molecular complexity index is 1160. The van der Waals surface area contributed by atoms with Crippen LogP contribution in [0.4, 0.5) is 5.69 Å². The van der Waals surface area contributed by atoms with Crippen LogP contribution in [0, 0.1) is 13.8 Å². The van der Waals surface area contributed by atoms with Gasteiger partial charge in [-0.2, -0.15) is 4.98 Å². The predicted octanol–water partition coefficient (Wildman–Crippen LogP) is 4.22. The minimum atomic E-state index is 0.0277. The average molecular weight is 422 g/mol. The predicted molar refractivity (Wildman–Crippen MR) is 117 cm³/mol. The molecule has 30 heavy (non-hydrogen) atoms. The molecule has 0 aliphatic carbocycles. The van der Waals surface area contributed by atoms with E-state index >= 15 is 0 Å². The minimum Gasteiger partial charge on any atom is -0.467 e. The number of benzene rings is 1. The highest BCUT2D eigenvalue weighted by atomic mass is 32.2. The Morgan fingerprint density at radius 3 is 2.63 bits per heavy atom. The van der Waals surface area contributed by atoms with E-state index in [4.69, 9.17) is 4.42 Å². The van der Waals surface area contributed by atoms with Gasteiger partial charge in [0, 0.05) is 23.5 Å². The van der Waals surface area contributed by atoms with Crippen molar-refractivity contribution in [3.8, 4) is 0 Å². The van der Waals surface area contributed by atoms with Crippen LogP contribution in [0.15, 0.2) is 58.3 Å². The van der Waals surface area contributed by atoms with Crippen molar-refractivity contribution in [2.75, 3.05) is 11.2 Å². The summed E-state index contributed by atoms with van der Waals surface area (Å²) in [6.45, 7) is 4.35. The summed E-state index contributed by atoms with van der Waals surface area (Å²) in [6, 6.07) is 13.4. The van der Waals surface area contributed by atoms with E-state index in [9.17, 15) is 4.79 Å². The Hall–Kier alpha value is -3.13. The lowest BCUT2D eigenvalue weighted by atomic mass is 10.1. The van der Waals surface area contributed by atoms with Crippen LogP contribution in [-0.2, 0) is 17.8 Å². The molecule has 4 aromatic rings. The molecular formula is C22H23N5O2S. The van der Waals surface area contributed by atoms with Crippen molar-refractivity contribution in [2.45, 2.75) is 38.4 Å². The first-order chi connectivity index (χ1) is 14.6. The number of carbonyl (C=O) groups is 1. The number of anilines is 1. The molecule has 0 bridgehead atoms. The summed E-state index contributed by atoms with van der Waals surface area (Å²) in [4.78, 5) is 24.0. The van der Waals surface area contributed by atoms with Gasteiger partial charge in [0.05, 0.1) is 12.8 Å². The summed E-state index contributed by atoms with van der Waals surface area (Å²) in [5.74, 6) is 1.36. The molecule has 8 heteroatoms. The number of carbonyl (C=O) groups excluding carboxylic acids is 1. The largest absolute Gasteiger partial charge is 0.467 e. The SMILES string of the molecule is CSc1nc2nc(C)c(CCC(=O)N(Cc3ccco3)c3ccccc3)c(C)n2n1. The Balaban J connectivity index is 1.57. The highest BCUT2D eigenvalue weighted by Gasteiger charge is 2.19. The molecule has 0 N–H and O–H groups in total. The lowest BCUT2D eigenvalue weighted by Crippen LogP contribution is -2.30. The second kappa shape index (κ2) is 8.71. The molecular weight excluding hydrogens is 398 g/mol. The molecule has 0 spiro atoms. The van der Waals surface area contributed by atoms with Gasteiger partial charge in [0.25, 0.3) is 5.78 Å². The van der Waals surface area contributed by atoms with E-state index in [1.807, 2.05) is 62.6 Å². The molecule has 0 aliphatic rings. The summed E-state index contributed by atoms with van der Waals surface area (Å²) in [5, 5.41) is 5.18. The Morgan fingerprint density at radius 2 is 1.93 bits per heavy atom. The standard InChI is InChI=1S/C22H23N5O2S/c1-15-19(16(2)27-21(23-15)24-22(25-27)30-3)11-12-20(28)26(14-18-10-7-13-29-18)17-8-5-4-6-9-17/h4-10,13H,11-12,14H2,1-3H3. The van der Waals surface area contributed by atoms with Crippen LogP contribution >= 0.6 is 11.8 Å². The van der Waals surface area contributed by atoms with Crippen molar-refractivity contribution in [3.05, 3.63) is 71.4 Å². The molecule has 0 atom stereocenters. The number of nitrogens with zero attached hydrogens (tertiary/aromatic N) is 5. The zero-order valence-electron chi connectivity index (χ0n) is 17.2. The van der Waals surface area contributed by atoms with Crippen LogP contribution in [0.5, 0.6) is 0 Å². The van der Waals surface area contributed by atoms with Gasteiger partial charge in [-0.1, -0.05) is 30.0 Å². The fourth-order valence-electron chi connectivity index (χ4n) is 3.49. The minimum absolute atomic E-state index is 0.0277. The molecule has 4 rings (SSSR count). The van der Waals surface area contributed by atoms with Gasteiger partial charge in [-0.15, -0.1) is 5.10 Å². The molecule has 0 aliphatic heterocycles. The maximum absolute atomic E-state index is 13.2. The quantitative estimate of drug-likeness (QED) is 0.416. The summed E-state index contributed by atoms with van der Waals surface area (Å²) >= 11 is 1.48. The lowest BCUT2D eigenvalue weighted by Gasteiger charge is -2.22. The maximum Gasteiger partial charge on any atom is 0.253 e. The second-order valence-corrected chi connectivity index (χ2v) is 7.74. The summed E-state index contributed by atoms with van der Waals surface area (Å²) in [7, 11) is 0. The van der Waals surface area contributed by atoms with Gasteiger partial charge < -0.3 is 9.32 Å². The monoisotopic (exact) mass is 421 g/mol. The number of aromatic nitrogens is 4. The summed E-state index contributed by atoms with van der Waals surface area (Å²) in [6.07, 6.45) is 4.50. The molecule has 7 nitrogen and oxygen atoms in total. The topological polar surface area (TPSA) is 76.5 Å². The first-order valence-corrected chi connectivity index (χ1v) is 10.9. The van der Waals surface area contributed by atoms with Gasteiger partial charge in [0.2, 0.25) is 11.1 Å². The Morgan fingerprint density at radius 1 is 1.13 bits per heavy atom. The maximum atomic E-state index is 13.2. The fraction of sp³-hybridized carbons (Fsp3) is 0.273. The zero-order chi connectivity index (χ0) is 21.1. The van der Waals surface area contributed by atoms with Crippen LogP contribution in [0.1, 0.15) is 29.1 Å². The van der Waals surface area contributed by atoms with Crippen molar-refractivity contribution in [1.29, 1.82) is 0 Å².